The smallest absolute Gasteiger partial charge is 0.313 e. The molecule has 5 heteroatoms. The topological polar surface area (TPSA) is 48.3 Å². The predicted octanol–water partition coefficient (Wildman–Crippen LogP) is 4.53. The van der Waals surface area contributed by atoms with Crippen molar-refractivity contribution in [2.75, 3.05) is 0 Å². The van der Waals surface area contributed by atoms with Crippen LogP contribution < -0.4 is 0 Å². The maximum Gasteiger partial charge on any atom is 0.313 e. The molecular formula is C24H26BNO3. The number of carbonyl (C=O) groups is 2. The third-order valence-electron chi connectivity index (χ3n) is 5.18. The van der Waals surface area contributed by atoms with Crippen LogP contribution in [0.15, 0.2) is 48.7 Å². The van der Waals surface area contributed by atoms with Crippen LogP contribution in [0.3, 0.4) is 0 Å². The molecule has 148 valence electrons. The third-order valence-corrected chi connectivity index (χ3v) is 5.18. The van der Waals surface area contributed by atoms with Crippen molar-refractivity contribution in [2.45, 2.75) is 39.7 Å². The van der Waals surface area contributed by atoms with Crippen molar-refractivity contribution in [3.05, 3.63) is 70.9 Å². The van der Waals surface area contributed by atoms with Crippen LogP contribution in [0.25, 0.3) is 10.9 Å². The average molecular weight is 387 g/mol. The number of aromatic nitrogens is 1. The molecule has 0 saturated carbocycles. The number of nitrogens with zero attached hydrogens (tertiary/aromatic N) is 1. The van der Waals surface area contributed by atoms with Crippen LogP contribution in [0.5, 0.6) is 0 Å². The molecule has 2 aromatic carbocycles. The summed E-state index contributed by atoms with van der Waals surface area (Å²) >= 11 is 0. The fraction of sp³-hybridized carbons (Fsp3) is 0.333. The number of rotatable bonds is 7. The van der Waals surface area contributed by atoms with Gasteiger partial charge in [0.15, 0.2) is 7.85 Å². The highest BCUT2D eigenvalue weighted by molar-refractivity contribution is 6.63. The number of aryl methyl sites for hydroxylation is 1. The molecule has 0 saturated heterocycles. The first-order chi connectivity index (χ1) is 13.8. The van der Waals surface area contributed by atoms with Crippen molar-refractivity contribution in [3.8, 4) is 0 Å². The van der Waals surface area contributed by atoms with E-state index in [1.54, 1.807) is 6.20 Å². The van der Waals surface area contributed by atoms with E-state index in [9.17, 15) is 9.59 Å². The summed E-state index contributed by atoms with van der Waals surface area (Å²) in [6.45, 7) is 6.42. The molecule has 0 N–H and O–H groups in total. The molecule has 0 amide bonds. The van der Waals surface area contributed by atoms with Crippen molar-refractivity contribution in [2.24, 2.45) is 13.0 Å². The molecule has 1 unspecified atom stereocenters. The molecule has 0 aliphatic rings. The molecule has 3 aromatic rings. The van der Waals surface area contributed by atoms with E-state index in [1.807, 2.05) is 48.9 Å². The molecule has 1 atom stereocenters. The maximum atomic E-state index is 12.5. The van der Waals surface area contributed by atoms with Gasteiger partial charge in [0, 0.05) is 29.7 Å². The molecule has 4 nitrogen and oxygen atoms in total. The number of ether oxygens (including phenoxy) is 1. The lowest BCUT2D eigenvalue weighted by Crippen LogP contribution is -2.13. The van der Waals surface area contributed by atoms with E-state index in [4.69, 9.17) is 12.6 Å². The summed E-state index contributed by atoms with van der Waals surface area (Å²) in [7, 11) is 7.29. The first kappa shape index (κ1) is 20.9. The van der Waals surface area contributed by atoms with Gasteiger partial charge < -0.3 is 14.1 Å². The van der Waals surface area contributed by atoms with Gasteiger partial charge in [0.25, 0.3) is 0 Å². The van der Waals surface area contributed by atoms with Gasteiger partial charge >= 0.3 is 5.97 Å². The molecule has 0 spiro atoms. The van der Waals surface area contributed by atoms with Crippen LogP contribution in [0.1, 0.15) is 53.7 Å². The minimum Gasteiger partial charge on any atom is -0.460 e. The Hall–Kier alpha value is -2.82. The lowest BCUT2D eigenvalue weighted by atomic mass is 9.94. The quantitative estimate of drug-likeness (QED) is 0.442. The van der Waals surface area contributed by atoms with Crippen molar-refractivity contribution in [3.63, 3.8) is 0 Å². The second kappa shape index (κ2) is 8.68. The Morgan fingerprint density at radius 3 is 2.31 bits per heavy atom. The molecule has 0 aliphatic carbocycles. The van der Waals surface area contributed by atoms with E-state index in [1.165, 1.54) is 5.56 Å². The Balaban J connectivity index is 1.66. The van der Waals surface area contributed by atoms with Crippen LogP contribution >= 0.6 is 0 Å². The van der Waals surface area contributed by atoms with E-state index in [-0.39, 0.29) is 18.5 Å². The molecule has 1 aromatic heterocycles. The van der Waals surface area contributed by atoms with Gasteiger partial charge in [-0.15, -0.1) is 0 Å². The zero-order valence-corrected chi connectivity index (χ0v) is 17.4. The number of hydrogen-bond acceptors (Lipinski definition) is 3. The Kier molecular flexibility index (Phi) is 6.26. The summed E-state index contributed by atoms with van der Waals surface area (Å²) in [4.78, 5) is 24.1. The fourth-order valence-corrected chi connectivity index (χ4v) is 3.55. The van der Waals surface area contributed by atoms with Crippen molar-refractivity contribution >= 4 is 30.4 Å². The van der Waals surface area contributed by atoms with Crippen LogP contribution in [-0.4, -0.2) is 24.1 Å². The van der Waals surface area contributed by atoms with E-state index in [0.717, 1.165) is 28.5 Å². The van der Waals surface area contributed by atoms with Gasteiger partial charge in [-0.05, 0) is 42.0 Å². The summed E-state index contributed by atoms with van der Waals surface area (Å²) in [6, 6.07) is 13.8. The predicted molar refractivity (Wildman–Crippen MR) is 116 cm³/mol. The highest BCUT2D eigenvalue weighted by Crippen LogP contribution is 2.23. The summed E-state index contributed by atoms with van der Waals surface area (Å²) < 4.78 is 7.39. The Morgan fingerprint density at radius 2 is 1.69 bits per heavy atom. The Morgan fingerprint density at radius 1 is 1.03 bits per heavy atom. The van der Waals surface area contributed by atoms with Gasteiger partial charge in [0.05, 0.1) is 5.92 Å². The van der Waals surface area contributed by atoms with Gasteiger partial charge in [0.1, 0.15) is 12.3 Å². The van der Waals surface area contributed by atoms with E-state index >= 15 is 0 Å². The van der Waals surface area contributed by atoms with Crippen molar-refractivity contribution < 1.29 is 14.3 Å². The molecule has 29 heavy (non-hydrogen) atoms. The monoisotopic (exact) mass is 387 g/mol. The maximum absolute atomic E-state index is 12.5. The molecule has 3 rings (SSSR count). The SMILES string of the molecule is [B]C(=O)c1cn(C)c2cc(COC(=O)C(C)c3ccc(CC(C)C)cc3)ccc12. The summed E-state index contributed by atoms with van der Waals surface area (Å²) in [5.74, 6) is 0.0126. The Bertz CT molecular complexity index is 1030. The van der Waals surface area contributed by atoms with Crippen LogP contribution in [0.2, 0.25) is 0 Å². The second-order valence-corrected chi connectivity index (χ2v) is 8.04. The fourth-order valence-electron chi connectivity index (χ4n) is 3.55. The zero-order valence-electron chi connectivity index (χ0n) is 17.4. The standard InChI is InChI=1S/C24H26BNO3/c1-15(2)11-17-5-8-19(9-6-17)16(3)24(28)29-14-18-7-10-20-21(23(25)27)13-26(4)22(20)12-18/h5-10,12-13,15-16H,11,14H2,1-4H3. The first-order valence-electron chi connectivity index (χ1n) is 9.89. The Labute approximate surface area is 173 Å². The highest BCUT2D eigenvalue weighted by atomic mass is 16.5. The summed E-state index contributed by atoms with van der Waals surface area (Å²) in [5.41, 5.74) is 3.99. The molecule has 0 aliphatic heterocycles. The summed E-state index contributed by atoms with van der Waals surface area (Å²) in [5, 5.41) is 0.796. The second-order valence-electron chi connectivity index (χ2n) is 8.04. The lowest BCUT2D eigenvalue weighted by molar-refractivity contribution is -0.146. The van der Waals surface area contributed by atoms with E-state index in [0.29, 0.717) is 11.5 Å². The van der Waals surface area contributed by atoms with Crippen molar-refractivity contribution in [1.29, 1.82) is 0 Å². The minimum absolute atomic E-state index is 0.182. The minimum atomic E-state index is -0.456. The number of esters is 1. The normalized spacial score (nSPS) is 12.3. The van der Waals surface area contributed by atoms with Gasteiger partial charge in [-0.3, -0.25) is 4.79 Å². The third kappa shape index (κ3) is 4.79. The van der Waals surface area contributed by atoms with Gasteiger partial charge in [-0.2, -0.15) is 0 Å². The van der Waals surface area contributed by atoms with E-state index < -0.39 is 5.68 Å². The van der Waals surface area contributed by atoms with Crippen LogP contribution in [0.4, 0.5) is 0 Å². The molecule has 2 radical (unpaired) electrons. The lowest BCUT2D eigenvalue weighted by Gasteiger charge is -2.13. The number of benzene rings is 2. The number of fused-ring (bicyclic) bond motifs is 1. The average Bonchev–Trinajstić information content (AvgIpc) is 3.02. The molecule has 1 heterocycles. The summed E-state index contributed by atoms with van der Waals surface area (Å²) in [6.07, 6.45) is 2.74. The highest BCUT2D eigenvalue weighted by Gasteiger charge is 2.17. The van der Waals surface area contributed by atoms with Gasteiger partial charge in [-0.25, -0.2) is 0 Å². The van der Waals surface area contributed by atoms with Gasteiger partial charge in [0.2, 0.25) is 0 Å². The van der Waals surface area contributed by atoms with Crippen molar-refractivity contribution in [1.82, 2.24) is 4.57 Å². The number of hydrogen-bond donors (Lipinski definition) is 0. The molecule has 0 fully saturated rings. The number of carbonyl (C=O) groups excluding carboxylic acids is 2. The largest absolute Gasteiger partial charge is 0.460 e. The van der Waals surface area contributed by atoms with Gasteiger partial charge in [-0.1, -0.05) is 50.2 Å². The van der Waals surface area contributed by atoms with Crippen LogP contribution in [0, 0.1) is 5.92 Å². The van der Waals surface area contributed by atoms with E-state index in [2.05, 4.69) is 26.0 Å². The molecule has 0 bridgehead atoms. The first-order valence-corrected chi connectivity index (χ1v) is 9.89. The van der Waals surface area contributed by atoms with Crippen LogP contribution in [-0.2, 0) is 29.6 Å². The zero-order chi connectivity index (χ0) is 21.1. The molecular weight excluding hydrogens is 361 g/mol.